The van der Waals surface area contributed by atoms with E-state index >= 15 is 0 Å². The first-order valence-electron chi connectivity index (χ1n) is 7.29. The molecule has 2 rings (SSSR count). The molecule has 1 fully saturated rings. The molecule has 1 aromatic carbocycles. The van der Waals surface area contributed by atoms with Crippen molar-refractivity contribution in [3.05, 3.63) is 29.8 Å². The van der Waals surface area contributed by atoms with Crippen molar-refractivity contribution in [2.45, 2.75) is 32.6 Å². The lowest BCUT2D eigenvalue weighted by Gasteiger charge is -2.21. The lowest BCUT2D eigenvalue weighted by Crippen LogP contribution is -2.33. The zero-order chi connectivity index (χ0) is 13.7. The van der Waals surface area contributed by atoms with E-state index in [1.165, 1.54) is 18.4 Å². The standard InChI is InChI=1S/C16H24N2O.ClH/c1-3-4-5-13-6-8-15(9-7-13)18(2)16(19)14-10-11-17-12-14;/h6-9,14,17H,3-5,10-12H2,1-2H3;1H. The van der Waals surface area contributed by atoms with Gasteiger partial charge in [-0.2, -0.15) is 0 Å². The normalized spacial score (nSPS) is 17.6. The summed E-state index contributed by atoms with van der Waals surface area (Å²) in [6.45, 7) is 3.98. The number of aryl methyl sites for hydroxylation is 1. The second kappa shape index (κ2) is 8.28. The first-order chi connectivity index (χ1) is 9.22. The van der Waals surface area contributed by atoms with Crippen molar-refractivity contribution < 1.29 is 4.79 Å². The summed E-state index contributed by atoms with van der Waals surface area (Å²) in [5.41, 5.74) is 2.35. The predicted octanol–water partition coefficient (Wildman–Crippen LogP) is 3.02. The minimum Gasteiger partial charge on any atom is -0.316 e. The lowest BCUT2D eigenvalue weighted by molar-refractivity contribution is -0.121. The number of benzene rings is 1. The number of halogens is 1. The molecular weight excluding hydrogens is 272 g/mol. The van der Waals surface area contributed by atoms with Crippen molar-refractivity contribution in [3.63, 3.8) is 0 Å². The Morgan fingerprint density at radius 2 is 2.05 bits per heavy atom. The number of anilines is 1. The van der Waals surface area contributed by atoms with Crippen molar-refractivity contribution in [2.24, 2.45) is 5.92 Å². The average Bonchev–Trinajstić information content (AvgIpc) is 2.98. The summed E-state index contributed by atoms with van der Waals surface area (Å²) >= 11 is 0. The van der Waals surface area contributed by atoms with E-state index in [2.05, 4.69) is 36.5 Å². The number of carbonyl (C=O) groups is 1. The third-order valence-corrected chi connectivity index (χ3v) is 3.88. The topological polar surface area (TPSA) is 32.3 Å². The van der Waals surface area contributed by atoms with Gasteiger partial charge in [0.2, 0.25) is 5.91 Å². The molecule has 112 valence electrons. The van der Waals surface area contributed by atoms with E-state index in [0.29, 0.717) is 0 Å². The highest BCUT2D eigenvalue weighted by Gasteiger charge is 2.25. The van der Waals surface area contributed by atoms with Gasteiger partial charge in [0, 0.05) is 19.3 Å². The summed E-state index contributed by atoms with van der Waals surface area (Å²) in [6, 6.07) is 8.40. The second-order valence-corrected chi connectivity index (χ2v) is 5.36. The zero-order valence-corrected chi connectivity index (χ0v) is 13.2. The molecule has 0 radical (unpaired) electrons. The Morgan fingerprint density at radius 3 is 2.60 bits per heavy atom. The van der Waals surface area contributed by atoms with Gasteiger partial charge in [-0.15, -0.1) is 12.4 Å². The summed E-state index contributed by atoms with van der Waals surface area (Å²) in [4.78, 5) is 14.1. The summed E-state index contributed by atoms with van der Waals surface area (Å²) < 4.78 is 0. The summed E-state index contributed by atoms with van der Waals surface area (Å²) in [5, 5.41) is 3.24. The molecule has 0 bridgehead atoms. The van der Waals surface area contributed by atoms with Gasteiger partial charge in [-0.1, -0.05) is 25.5 Å². The van der Waals surface area contributed by atoms with E-state index in [0.717, 1.165) is 31.6 Å². The van der Waals surface area contributed by atoms with Crippen molar-refractivity contribution in [1.82, 2.24) is 5.32 Å². The average molecular weight is 297 g/mol. The van der Waals surface area contributed by atoms with E-state index in [1.54, 1.807) is 4.90 Å². The number of unbranched alkanes of at least 4 members (excludes halogenated alkanes) is 1. The van der Waals surface area contributed by atoms with Gasteiger partial charge >= 0.3 is 0 Å². The van der Waals surface area contributed by atoms with Crippen LogP contribution in [0.1, 0.15) is 31.7 Å². The minimum absolute atomic E-state index is 0. The molecule has 3 nitrogen and oxygen atoms in total. The van der Waals surface area contributed by atoms with Gasteiger partial charge < -0.3 is 10.2 Å². The highest BCUT2D eigenvalue weighted by atomic mass is 35.5. The van der Waals surface area contributed by atoms with Crippen LogP contribution < -0.4 is 10.2 Å². The molecule has 0 spiro atoms. The van der Waals surface area contributed by atoms with Crippen LogP contribution >= 0.6 is 12.4 Å². The quantitative estimate of drug-likeness (QED) is 0.906. The van der Waals surface area contributed by atoms with Gasteiger partial charge in [0.15, 0.2) is 0 Å². The zero-order valence-electron chi connectivity index (χ0n) is 12.4. The highest BCUT2D eigenvalue weighted by molar-refractivity contribution is 5.94. The number of rotatable bonds is 5. The largest absolute Gasteiger partial charge is 0.316 e. The van der Waals surface area contributed by atoms with Crippen LogP contribution in [-0.2, 0) is 11.2 Å². The van der Waals surface area contributed by atoms with Gasteiger partial charge in [-0.3, -0.25) is 4.79 Å². The SMILES string of the molecule is CCCCc1ccc(N(C)C(=O)C2CCNC2)cc1.Cl. The lowest BCUT2D eigenvalue weighted by atomic mass is 10.1. The Kier molecular flexibility index (Phi) is 7.03. The molecule has 1 aromatic rings. The smallest absolute Gasteiger partial charge is 0.231 e. The number of hydrogen-bond donors (Lipinski definition) is 1. The number of nitrogens with zero attached hydrogens (tertiary/aromatic N) is 1. The van der Waals surface area contributed by atoms with Crippen molar-refractivity contribution in [2.75, 3.05) is 25.0 Å². The molecule has 1 N–H and O–H groups in total. The molecule has 0 aromatic heterocycles. The highest BCUT2D eigenvalue weighted by Crippen LogP contribution is 2.19. The van der Waals surface area contributed by atoms with Gasteiger partial charge in [0.25, 0.3) is 0 Å². The van der Waals surface area contributed by atoms with Crippen molar-refractivity contribution >= 4 is 24.0 Å². The van der Waals surface area contributed by atoms with Gasteiger partial charge in [0.1, 0.15) is 0 Å². The Bertz CT molecular complexity index is 413. The molecule has 1 aliphatic heterocycles. The van der Waals surface area contributed by atoms with Gasteiger partial charge in [-0.25, -0.2) is 0 Å². The minimum atomic E-state index is 0. The Morgan fingerprint density at radius 1 is 1.35 bits per heavy atom. The number of amides is 1. The van der Waals surface area contributed by atoms with E-state index < -0.39 is 0 Å². The number of nitrogens with one attached hydrogen (secondary N) is 1. The molecule has 0 saturated carbocycles. The fourth-order valence-corrected chi connectivity index (χ4v) is 2.53. The Hall–Kier alpha value is -1.06. The molecule has 20 heavy (non-hydrogen) atoms. The van der Waals surface area contributed by atoms with Gasteiger partial charge in [-0.05, 0) is 43.5 Å². The summed E-state index contributed by atoms with van der Waals surface area (Å²) in [6.07, 6.45) is 4.52. The monoisotopic (exact) mass is 296 g/mol. The Labute approximate surface area is 128 Å². The molecule has 1 saturated heterocycles. The molecule has 1 heterocycles. The molecule has 1 atom stereocenters. The van der Waals surface area contributed by atoms with Crippen LogP contribution in [0.25, 0.3) is 0 Å². The van der Waals surface area contributed by atoms with Crippen LogP contribution in [0.5, 0.6) is 0 Å². The van der Waals surface area contributed by atoms with E-state index in [-0.39, 0.29) is 24.2 Å². The van der Waals surface area contributed by atoms with Crippen LogP contribution in [-0.4, -0.2) is 26.0 Å². The molecule has 1 unspecified atom stereocenters. The summed E-state index contributed by atoms with van der Waals surface area (Å²) in [5.74, 6) is 0.371. The molecule has 0 aliphatic carbocycles. The molecule has 4 heteroatoms. The van der Waals surface area contributed by atoms with Crippen LogP contribution in [0.4, 0.5) is 5.69 Å². The maximum Gasteiger partial charge on any atom is 0.231 e. The van der Waals surface area contributed by atoms with Gasteiger partial charge in [0.05, 0.1) is 5.92 Å². The van der Waals surface area contributed by atoms with Crippen LogP contribution in [0, 0.1) is 5.92 Å². The fraction of sp³-hybridized carbons (Fsp3) is 0.562. The molecular formula is C16H25ClN2O. The fourth-order valence-electron chi connectivity index (χ4n) is 2.53. The van der Waals surface area contributed by atoms with E-state index in [9.17, 15) is 4.79 Å². The first-order valence-corrected chi connectivity index (χ1v) is 7.29. The van der Waals surface area contributed by atoms with Crippen LogP contribution in [0.2, 0.25) is 0 Å². The Balaban J connectivity index is 0.00000200. The third kappa shape index (κ3) is 4.22. The second-order valence-electron chi connectivity index (χ2n) is 5.36. The number of carbonyl (C=O) groups excluding carboxylic acids is 1. The maximum absolute atomic E-state index is 12.3. The van der Waals surface area contributed by atoms with Crippen molar-refractivity contribution in [1.29, 1.82) is 0 Å². The summed E-state index contributed by atoms with van der Waals surface area (Å²) in [7, 11) is 1.88. The number of hydrogen-bond acceptors (Lipinski definition) is 2. The van der Waals surface area contributed by atoms with E-state index in [1.807, 2.05) is 7.05 Å². The van der Waals surface area contributed by atoms with Crippen LogP contribution in [0.3, 0.4) is 0 Å². The molecule has 1 amide bonds. The first kappa shape index (κ1) is 17.0. The third-order valence-electron chi connectivity index (χ3n) is 3.88. The van der Waals surface area contributed by atoms with Crippen molar-refractivity contribution in [3.8, 4) is 0 Å². The van der Waals surface area contributed by atoms with Crippen LogP contribution in [0.15, 0.2) is 24.3 Å². The molecule has 1 aliphatic rings. The van der Waals surface area contributed by atoms with E-state index in [4.69, 9.17) is 0 Å². The maximum atomic E-state index is 12.3. The predicted molar refractivity (Wildman–Crippen MR) is 86.7 cm³/mol.